The predicted molar refractivity (Wildman–Crippen MR) is 75.4 cm³/mol. The van der Waals surface area contributed by atoms with Crippen LogP contribution in [0.3, 0.4) is 0 Å². The highest BCUT2D eigenvalue weighted by Crippen LogP contribution is 2.16. The second-order valence-corrected chi connectivity index (χ2v) is 6.66. The molecule has 1 N–H and O–H groups in total. The normalized spacial score (nSPS) is 11.3. The average Bonchev–Trinajstić information content (AvgIpc) is 2.87. The van der Waals surface area contributed by atoms with Gasteiger partial charge in [-0.1, -0.05) is 23.0 Å². The van der Waals surface area contributed by atoms with E-state index in [0.29, 0.717) is 17.1 Å². The Hall–Kier alpha value is -1.51. The molecule has 0 aliphatic heterocycles. The molecule has 0 bridgehead atoms. The van der Waals surface area contributed by atoms with E-state index in [1.807, 2.05) is 4.72 Å². The first-order valence-electron chi connectivity index (χ1n) is 5.58. The minimum atomic E-state index is -3.93. The molecule has 0 aliphatic carbocycles. The van der Waals surface area contributed by atoms with Crippen molar-refractivity contribution in [2.24, 2.45) is 0 Å². The number of benzene rings is 1. The van der Waals surface area contributed by atoms with Crippen LogP contribution in [-0.2, 0) is 16.4 Å². The van der Waals surface area contributed by atoms with Crippen LogP contribution in [0.5, 0.6) is 0 Å². The third-order valence-electron chi connectivity index (χ3n) is 2.45. The summed E-state index contributed by atoms with van der Waals surface area (Å²) in [6, 6.07) is 5.52. The molecule has 0 radical (unpaired) electrons. The second kappa shape index (κ2) is 5.86. The number of aryl methyl sites for hydroxylation is 1. The van der Waals surface area contributed by atoms with Gasteiger partial charge in [0.15, 0.2) is 0 Å². The molecule has 20 heavy (non-hydrogen) atoms. The summed E-state index contributed by atoms with van der Waals surface area (Å²) in [5.74, 6) is -0.730. The maximum atomic E-state index is 12.0. The molecule has 0 unspecified atom stereocenters. The summed E-state index contributed by atoms with van der Waals surface area (Å²) in [6.45, 7) is 1.81. The highest BCUT2D eigenvalue weighted by molar-refractivity contribution is 7.90. The Bertz CT molecular complexity index is 726. The van der Waals surface area contributed by atoms with Gasteiger partial charge in [0.2, 0.25) is 0 Å². The van der Waals surface area contributed by atoms with Crippen molar-refractivity contribution in [1.29, 1.82) is 0 Å². The van der Waals surface area contributed by atoms with Crippen LogP contribution < -0.4 is 4.72 Å². The minimum Gasteiger partial charge on any atom is -0.267 e. The van der Waals surface area contributed by atoms with Crippen LogP contribution in [0.25, 0.3) is 0 Å². The lowest BCUT2D eigenvalue weighted by molar-refractivity contribution is 0.0984. The van der Waals surface area contributed by atoms with Crippen LogP contribution in [-0.4, -0.2) is 23.9 Å². The van der Waals surface area contributed by atoms with Gasteiger partial charge in [0.25, 0.3) is 15.9 Å². The van der Waals surface area contributed by atoms with Crippen LogP contribution in [0.2, 0.25) is 5.02 Å². The van der Waals surface area contributed by atoms with Gasteiger partial charge < -0.3 is 0 Å². The third-order valence-corrected chi connectivity index (χ3v) is 4.81. The van der Waals surface area contributed by atoms with Gasteiger partial charge in [-0.05, 0) is 42.2 Å². The zero-order valence-electron chi connectivity index (χ0n) is 10.3. The number of halogens is 1. The van der Waals surface area contributed by atoms with Crippen LogP contribution in [0.15, 0.2) is 29.2 Å². The zero-order valence-corrected chi connectivity index (χ0v) is 12.7. The number of carbonyl (C=O) groups excluding carboxylic acids is 1. The van der Waals surface area contributed by atoms with Gasteiger partial charge in [-0.3, -0.25) is 4.79 Å². The number of carbonyl (C=O) groups is 1. The number of rotatable bonds is 4. The Morgan fingerprint density at radius 1 is 1.35 bits per heavy atom. The molecular weight excluding hydrogens is 322 g/mol. The largest absolute Gasteiger partial charge is 0.278 e. The van der Waals surface area contributed by atoms with Crippen molar-refractivity contribution in [3.05, 3.63) is 39.9 Å². The maximum absolute atomic E-state index is 12.0. The van der Waals surface area contributed by atoms with E-state index in [2.05, 4.69) is 9.59 Å². The van der Waals surface area contributed by atoms with Gasteiger partial charge in [0.1, 0.15) is 4.88 Å². The van der Waals surface area contributed by atoms with Gasteiger partial charge in [0, 0.05) is 5.02 Å². The van der Waals surface area contributed by atoms with E-state index in [1.165, 1.54) is 24.3 Å². The van der Waals surface area contributed by atoms with Crippen LogP contribution in [0.4, 0.5) is 0 Å². The van der Waals surface area contributed by atoms with Crippen molar-refractivity contribution in [2.75, 3.05) is 0 Å². The van der Waals surface area contributed by atoms with E-state index in [-0.39, 0.29) is 9.77 Å². The Labute approximate surface area is 125 Å². The molecule has 2 aromatic rings. The highest BCUT2D eigenvalue weighted by atomic mass is 35.5. The first kappa shape index (κ1) is 14.9. The molecule has 0 fully saturated rings. The van der Waals surface area contributed by atoms with Crippen molar-refractivity contribution in [2.45, 2.75) is 18.2 Å². The summed E-state index contributed by atoms with van der Waals surface area (Å²) >= 11 is 6.55. The molecular formula is C11H10ClN3O3S2. The average molecular weight is 332 g/mol. The number of hydrogen-bond donors (Lipinski definition) is 1. The molecule has 1 aromatic heterocycles. The summed E-state index contributed by atoms with van der Waals surface area (Å²) in [6.07, 6.45) is 0.500. The molecule has 2 rings (SSSR count). The number of nitrogens with zero attached hydrogens (tertiary/aromatic N) is 2. The lowest BCUT2D eigenvalue weighted by Gasteiger charge is -2.06. The maximum Gasteiger partial charge on any atom is 0.278 e. The number of hydrogen-bond acceptors (Lipinski definition) is 6. The van der Waals surface area contributed by atoms with Crippen molar-refractivity contribution in [1.82, 2.24) is 14.3 Å². The minimum absolute atomic E-state index is 0.0363. The van der Waals surface area contributed by atoms with E-state index >= 15 is 0 Å². The van der Waals surface area contributed by atoms with E-state index in [9.17, 15) is 13.2 Å². The fraction of sp³-hybridized carbons (Fsp3) is 0.182. The number of aromatic nitrogens is 2. The van der Waals surface area contributed by atoms with Crippen molar-refractivity contribution >= 4 is 39.1 Å². The monoisotopic (exact) mass is 331 g/mol. The van der Waals surface area contributed by atoms with Gasteiger partial charge in [0.05, 0.1) is 10.6 Å². The summed E-state index contributed by atoms with van der Waals surface area (Å²) in [5, 5.41) is 4.18. The molecule has 1 aromatic carbocycles. The Morgan fingerprint density at radius 3 is 2.60 bits per heavy atom. The van der Waals surface area contributed by atoms with Crippen molar-refractivity contribution in [3.63, 3.8) is 0 Å². The molecule has 9 heteroatoms. The first-order chi connectivity index (χ1) is 9.44. The zero-order chi connectivity index (χ0) is 14.8. The first-order valence-corrected chi connectivity index (χ1v) is 8.21. The summed E-state index contributed by atoms with van der Waals surface area (Å²) in [4.78, 5) is 12.1. The molecule has 0 saturated carbocycles. The fourth-order valence-corrected chi connectivity index (χ4v) is 3.25. The molecule has 106 valence electrons. The molecule has 0 saturated heterocycles. The Morgan fingerprint density at radius 2 is 2.00 bits per heavy atom. The SMILES string of the molecule is CCc1nnsc1C(=O)NS(=O)(=O)c1ccc(Cl)cc1. The number of amides is 1. The van der Waals surface area contributed by atoms with Gasteiger partial charge in [-0.15, -0.1) is 5.10 Å². The molecule has 0 spiro atoms. The third kappa shape index (κ3) is 3.14. The predicted octanol–water partition coefficient (Wildman–Crippen LogP) is 1.87. The van der Waals surface area contributed by atoms with E-state index in [4.69, 9.17) is 11.6 Å². The topological polar surface area (TPSA) is 89.0 Å². The summed E-state index contributed by atoms with van der Waals surface area (Å²) < 4.78 is 29.7. The number of nitrogens with one attached hydrogen (secondary N) is 1. The standard InChI is InChI=1S/C11H10ClN3O3S2/c1-2-9-10(19-15-13-9)11(16)14-20(17,18)8-5-3-7(12)4-6-8/h3-6H,2H2,1H3,(H,14,16). The summed E-state index contributed by atoms with van der Waals surface area (Å²) in [5.41, 5.74) is 0.471. The van der Waals surface area contributed by atoms with E-state index < -0.39 is 15.9 Å². The van der Waals surface area contributed by atoms with Crippen LogP contribution >= 0.6 is 23.1 Å². The highest BCUT2D eigenvalue weighted by Gasteiger charge is 2.22. The smallest absolute Gasteiger partial charge is 0.267 e. The fourth-order valence-electron chi connectivity index (χ4n) is 1.45. The molecule has 0 atom stereocenters. The van der Waals surface area contributed by atoms with Crippen molar-refractivity contribution < 1.29 is 13.2 Å². The molecule has 1 amide bonds. The van der Waals surface area contributed by atoms with E-state index in [1.54, 1.807) is 6.92 Å². The molecule has 0 aliphatic rings. The van der Waals surface area contributed by atoms with Crippen molar-refractivity contribution in [3.8, 4) is 0 Å². The molecule has 1 heterocycles. The van der Waals surface area contributed by atoms with Crippen LogP contribution in [0.1, 0.15) is 22.3 Å². The Balaban J connectivity index is 2.24. The lowest BCUT2D eigenvalue weighted by Crippen LogP contribution is -2.30. The number of sulfonamides is 1. The lowest BCUT2D eigenvalue weighted by atomic mass is 10.3. The Kier molecular flexibility index (Phi) is 4.36. The van der Waals surface area contributed by atoms with Gasteiger partial charge in [-0.25, -0.2) is 13.1 Å². The van der Waals surface area contributed by atoms with Gasteiger partial charge >= 0.3 is 0 Å². The van der Waals surface area contributed by atoms with Crippen LogP contribution in [0, 0.1) is 0 Å². The second-order valence-electron chi connectivity index (χ2n) is 3.79. The summed E-state index contributed by atoms with van der Waals surface area (Å²) in [7, 11) is -3.93. The molecule has 6 nitrogen and oxygen atoms in total. The van der Waals surface area contributed by atoms with E-state index in [0.717, 1.165) is 11.5 Å². The van der Waals surface area contributed by atoms with Gasteiger partial charge in [-0.2, -0.15) is 0 Å². The quantitative estimate of drug-likeness (QED) is 0.923.